The van der Waals surface area contributed by atoms with E-state index in [0.717, 1.165) is 19.6 Å². The molecule has 0 saturated heterocycles. The molecule has 3 nitrogen and oxygen atoms in total. The van der Waals surface area contributed by atoms with Crippen molar-refractivity contribution in [3.63, 3.8) is 0 Å². The maximum absolute atomic E-state index is 5.97. The average Bonchev–Trinajstić information content (AvgIpc) is 2.48. The van der Waals surface area contributed by atoms with Crippen molar-refractivity contribution in [3.05, 3.63) is 34.9 Å². The van der Waals surface area contributed by atoms with E-state index in [1.54, 1.807) is 0 Å². The van der Waals surface area contributed by atoms with Crippen LogP contribution in [0.5, 0.6) is 0 Å². The van der Waals surface area contributed by atoms with Gasteiger partial charge >= 0.3 is 0 Å². The Balaban J connectivity index is 2.68. The molecule has 0 radical (unpaired) electrons. The molecule has 0 fully saturated rings. The zero-order valence-corrected chi connectivity index (χ0v) is 14.2. The molecule has 0 amide bonds. The van der Waals surface area contributed by atoms with Crippen LogP contribution >= 0.6 is 0 Å². The van der Waals surface area contributed by atoms with E-state index < -0.39 is 0 Å². The van der Waals surface area contributed by atoms with Gasteiger partial charge in [-0.2, -0.15) is 0 Å². The highest BCUT2D eigenvalue weighted by molar-refractivity contribution is 5.33. The monoisotopic (exact) mass is 293 g/mol. The molecule has 0 aliphatic heterocycles. The maximum Gasteiger partial charge on any atom is 0.0781 e. The Morgan fingerprint density at radius 2 is 1.90 bits per heavy atom. The third-order valence-corrected chi connectivity index (χ3v) is 3.55. The summed E-state index contributed by atoms with van der Waals surface area (Å²) in [5.41, 5.74) is 3.95. The SMILES string of the molecule is CCCNC(COC(C)COCC)c1cc(C)ccc1C. The van der Waals surface area contributed by atoms with Gasteiger partial charge in [-0.1, -0.05) is 30.7 Å². The van der Waals surface area contributed by atoms with Crippen molar-refractivity contribution in [2.45, 2.75) is 53.2 Å². The first-order chi connectivity index (χ1) is 10.1. The second kappa shape index (κ2) is 9.93. The zero-order valence-electron chi connectivity index (χ0n) is 14.2. The van der Waals surface area contributed by atoms with Crippen LogP contribution in [0.1, 0.15) is 49.9 Å². The molecule has 2 atom stereocenters. The molecule has 1 aromatic rings. The fourth-order valence-electron chi connectivity index (χ4n) is 2.30. The first-order valence-electron chi connectivity index (χ1n) is 8.08. The normalized spacial score (nSPS) is 14.1. The molecule has 0 aliphatic rings. The minimum absolute atomic E-state index is 0.126. The predicted octanol–water partition coefficient (Wildman–Crippen LogP) is 3.79. The van der Waals surface area contributed by atoms with Crippen LogP contribution in [0.25, 0.3) is 0 Å². The van der Waals surface area contributed by atoms with E-state index in [4.69, 9.17) is 9.47 Å². The molecule has 3 heteroatoms. The Kier molecular flexibility index (Phi) is 8.58. The molecule has 0 bridgehead atoms. The second-order valence-electron chi connectivity index (χ2n) is 5.67. The summed E-state index contributed by atoms with van der Waals surface area (Å²) in [5, 5.41) is 3.60. The first kappa shape index (κ1) is 18.1. The summed E-state index contributed by atoms with van der Waals surface area (Å²) in [7, 11) is 0. The molecule has 0 aliphatic carbocycles. The first-order valence-corrected chi connectivity index (χ1v) is 8.08. The van der Waals surface area contributed by atoms with Gasteiger partial charge in [-0.05, 0) is 51.8 Å². The summed E-state index contributed by atoms with van der Waals surface area (Å²) in [6.45, 7) is 13.6. The van der Waals surface area contributed by atoms with E-state index in [2.05, 4.69) is 51.2 Å². The largest absolute Gasteiger partial charge is 0.379 e. The van der Waals surface area contributed by atoms with Crippen molar-refractivity contribution < 1.29 is 9.47 Å². The average molecular weight is 293 g/mol. The van der Waals surface area contributed by atoms with Crippen LogP contribution in [0, 0.1) is 13.8 Å². The van der Waals surface area contributed by atoms with Crippen molar-refractivity contribution in [2.75, 3.05) is 26.4 Å². The summed E-state index contributed by atoms with van der Waals surface area (Å²) in [6.07, 6.45) is 1.25. The van der Waals surface area contributed by atoms with Gasteiger partial charge in [-0.3, -0.25) is 0 Å². The number of benzene rings is 1. The maximum atomic E-state index is 5.97. The van der Waals surface area contributed by atoms with Gasteiger partial charge in [0.2, 0.25) is 0 Å². The molecule has 21 heavy (non-hydrogen) atoms. The molecular formula is C18H31NO2. The lowest BCUT2D eigenvalue weighted by Gasteiger charge is -2.23. The van der Waals surface area contributed by atoms with Gasteiger partial charge in [-0.25, -0.2) is 0 Å². The van der Waals surface area contributed by atoms with Gasteiger partial charge in [0.05, 0.1) is 25.4 Å². The Bertz CT molecular complexity index is 406. The third-order valence-electron chi connectivity index (χ3n) is 3.55. The van der Waals surface area contributed by atoms with Crippen LogP contribution in [-0.2, 0) is 9.47 Å². The predicted molar refractivity (Wildman–Crippen MR) is 88.9 cm³/mol. The summed E-state index contributed by atoms with van der Waals surface area (Å²) < 4.78 is 11.4. The molecule has 0 aromatic heterocycles. The molecule has 120 valence electrons. The van der Waals surface area contributed by atoms with Crippen LogP contribution < -0.4 is 5.32 Å². The van der Waals surface area contributed by atoms with E-state index in [9.17, 15) is 0 Å². The number of ether oxygens (including phenoxy) is 2. The minimum atomic E-state index is 0.126. The third kappa shape index (κ3) is 6.60. The highest BCUT2D eigenvalue weighted by atomic mass is 16.5. The fraction of sp³-hybridized carbons (Fsp3) is 0.667. The van der Waals surface area contributed by atoms with E-state index in [0.29, 0.717) is 13.2 Å². The smallest absolute Gasteiger partial charge is 0.0781 e. The number of nitrogens with one attached hydrogen (secondary N) is 1. The van der Waals surface area contributed by atoms with Crippen LogP contribution in [0.15, 0.2) is 18.2 Å². The van der Waals surface area contributed by atoms with E-state index in [1.807, 2.05) is 6.92 Å². The molecule has 0 saturated carbocycles. The summed E-state index contributed by atoms with van der Waals surface area (Å²) in [4.78, 5) is 0. The lowest BCUT2D eigenvalue weighted by molar-refractivity contribution is -0.0117. The lowest BCUT2D eigenvalue weighted by atomic mass is 9.99. The standard InChI is InChI=1S/C18H31NO2/c1-6-10-19-18(13-21-16(5)12-20-7-2)17-11-14(3)8-9-15(17)4/h8-9,11,16,18-19H,6-7,10,12-13H2,1-5H3. The van der Waals surface area contributed by atoms with Gasteiger partial charge in [-0.15, -0.1) is 0 Å². The van der Waals surface area contributed by atoms with E-state index in [-0.39, 0.29) is 12.1 Å². The zero-order chi connectivity index (χ0) is 15.7. The van der Waals surface area contributed by atoms with Gasteiger partial charge in [0.15, 0.2) is 0 Å². The van der Waals surface area contributed by atoms with Crippen LogP contribution in [0.4, 0.5) is 0 Å². The van der Waals surface area contributed by atoms with Crippen molar-refractivity contribution in [3.8, 4) is 0 Å². The molecule has 0 spiro atoms. The van der Waals surface area contributed by atoms with Gasteiger partial charge in [0, 0.05) is 6.61 Å². The van der Waals surface area contributed by atoms with Gasteiger partial charge < -0.3 is 14.8 Å². The molecule has 1 rings (SSSR count). The Morgan fingerprint density at radius 3 is 2.57 bits per heavy atom. The lowest BCUT2D eigenvalue weighted by Crippen LogP contribution is -2.29. The summed E-state index contributed by atoms with van der Waals surface area (Å²) in [5.74, 6) is 0. The van der Waals surface area contributed by atoms with Gasteiger partial charge in [0.1, 0.15) is 0 Å². The van der Waals surface area contributed by atoms with Crippen LogP contribution in [-0.4, -0.2) is 32.5 Å². The quantitative estimate of drug-likeness (QED) is 0.712. The molecule has 2 unspecified atom stereocenters. The topological polar surface area (TPSA) is 30.5 Å². The summed E-state index contributed by atoms with van der Waals surface area (Å²) in [6, 6.07) is 6.86. The Morgan fingerprint density at radius 1 is 1.14 bits per heavy atom. The number of hydrogen-bond acceptors (Lipinski definition) is 3. The fourth-order valence-corrected chi connectivity index (χ4v) is 2.30. The molecule has 1 aromatic carbocycles. The van der Waals surface area contributed by atoms with Crippen LogP contribution in [0.3, 0.4) is 0 Å². The highest BCUT2D eigenvalue weighted by Crippen LogP contribution is 2.20. The van der Waals surface area contributed by atoms with Crippen molar-refractivity contribution in [1.29, 1.82) is 0 Å². The van der Waals surface area contributed by atoms with Crippen molar-refractivity contribution in [2.24, 2.45) is 0 Å². The van der Waals surface area contributed by atoms with E-state index >= 15 is 0 Å². The second-order valence-corrected chi connectivity index (χ2v) is 5.67. The van der Waals surface area contributed by atoms with Crippen LogP contribution in [0.2, 0.25) is 0 Å². The highest BCUT2D eigenvalue weighted by Gasteiger charge is 2.15. The Hall–Kier alpha value is -0.900. The minimum Gasteiger partial charge on any atom is -0.379 e. The van der Waals surface area contributed by atoms with Gasteiger partial charge in [0.25, 0.3) is 0 Å². The number of rotatable bonds is 10. The van der Waals surface area contributed by atoms with Crippen molar-refractivity contribution in [1.82, 2.24) is 5.32 Å². The van der Waals surface area contributed by atoms with E-state index in [1.165, 1.54) is 16.7 Å². The Labute approximate surface area is 130 Å². The number of aryl methyl sites for hydroxylation is 2. The number of hydrogen-bond donors (Lipinski definition) is 1. The summed E-state index contributed by atoms with van der Waals surface area (Å²) >= 11 is 0. The van der Waals surface area contributed by atoms with Crippen molar-refractivity contribution >= 4 is 0 Å². The molecule has 1 N–H and O–H groups in total. The molecular weight excluding hydrogens is 262 g/mol. The molecule has 0 heterocycles.